The van der Waals surface area contributed by atoms with E-state index in [4.69, 9.17) is 4.74 Å². The number of likely N-dealkylation sites (tertiary alicyclic amines) is 1. The lowest BCUT2D eigenvalue weighted by molar-refractivity contribution is -0.137. The highest BCUT2D eigenvalue weighted by molar-refractivity contribution is 5.95. The third-order valence-electron chi connectivity index (χ3n) is 9.07. The van der Waals surface area contributed by atoms with Gasteiger partial charge < -0.3 is 9.64 Å². The van der Waals surface area contributed by atoms with Crippen molar-refractivity contribution in [1.29, 1.82) is 0 Å². The topological polar surface area (TPSA) is 32.8 Å². The molecule has 41 heavy (non-hydrogen) atoms. The quantitative estimate of drug-likeness (QED) is 0.301. The summed E-state index contributed by atoms with van der Waals surface area (Å²) in [5, 5.41) is 0. The number of nitrogens with zero attached hydrogens (tertiary/aromatic N) is 2. The SMILES string of the molecule is O=C(c1ccc(CN2CCC(Cc3ccccc3)CC2)cc1)N1C2CCC1CC(Oc1cccc(C(F)(F)F)c1)C2. The minimum absolute atomic E-state index is 0.0447. The molecular formula is C34H37F3N2O2. The number of benzene rings is 3. The van der Waals surface area contributed by atoms with E-state index in [2.05, 4.69) is 47.4 Å². The van der Waals surface area contributed by atoms with Crippen LogP contribution in [0, 0.1) is 5.92 Å². The second-order valence-corrected chi connectivity index (χ2v) is 11.9. The fourth-order valence-corrected chi connectivity index (χ4v) is 6.95. The first-order valence-electron chi connectivity index (χ1n) is 14.8. The molecule has 0 aromatic heterocycles. The van der Waals surface area contributed by atoms with E-state index >= 15 is 0 Å². The molecule has 3 heterocycles. The average molecular weight is 563 g/mol. The summed E-state index contributed by atoms with van der Waals surface area (Å²) >= 11 is 0. The summed E-state index contributed by atoms with van der Waals surface area (Å²) in [5.41, 5.74) is 2.64. The Morgan fingerprint density at radius 1 is 0.805 bits per heavy atom. The summed E-state index contributed by atoms with van der Waals surface area (Å²) in [6.45, 7) is 3.09. The fraction of sp³-hybridized carbons (Fsp3) is 0.441. The second-order valence-electron chi connectivity index (χ2n) is 11.9. The molecule has 2 unspecified atom stereocenters. The van der Waals surface area contributed by atoms with Gasteiger partial charge in [-0.05, 0) is 92.6 Å². The van der Waals surface area contributed by atoms with Gasteiger partial charge in [-0.15, -0.1) is 0 Å². The van der Waals surface area contributed by atoms with Gasteiger partial charge in [-0.1, -0.05) is 48.5 Å². The van der Waals surface area contributed by atoms with Crippen molar-refractivity contribution in [3.05, 3.63) is 101 Å². The number of halogens is 3. The maximum Gasteiger partial charge on any atom is 0.416 e. The fourth-order valence-electron chi connectivity index (χ4n) is 6.95. The zero-order valence-corrected chi connectivity index (χ0v) is 23.2. The number of hydrogen-bond acceptors (Lipinski definition) is 3. The number of fused-ring (bicyclic) bond motifs is 2. The van der Waals surface area contributed by atoms with Crippen LogP contribution in [0.2, 0.25) is 0 Å². The number of rotatable bonds is 7. The van der Waals surface area contributed by atoms with Crippen LogP contribution in [0.4, 0.5) is 13.2 Å². The molecule has 6 rings (SSSR count). The van der Waals surface area contributed by atoms with Gasteiger partial charge >= 0.3 is 6.18 Å². The molecule has 0 saturated carbocycles. The largest absolute Gasteiger partial charge is 0.490 e. The Morgan fingerprint density at radius 3 is 2.15 bits per heavy atom. The van der Waals surface area contributed by atoms with Crippen LogP contribution in [-0.2, 0) is 19.1 Å². The molecule has 0 aliphatic carbocycles. The Kier molecular flexibility index (Phi) is 8.07. The second kappa shape index (κ2) is 11.9. The van der Waals surface area contributed by atoms with Gasteiger partial charge in [0.25, 0.3) is 5.91 Å². The van der Waals surface area contributed by atoms with Crippen LogP contribution in [0.3, 0.4) is 0 Å². The van der Waals surface area contributed by atoms with Crippen molar-refractivity contribution in [2.75, 3.05) is 13.1 Å². The third kappa shape index (κ3) is 6.61. The number of alkyl halides is 3. The minimum Gasteiger partial charge on any atom is -0.490 e. The van der Waals surface area contributed by atoms with Crippen molar-refractivity contribution in [1.82, 2.24) is 9.80 Å². The molecule has 3 saturated heterocycles. The smallest absolute Gasteiger partial charge is 0.416 e. The highest BCUT2D eigenvalue weighted by atomic mass is 19.4. The van der Waals surface area contributed by atoms with E-state index in [0.717, 1.165) is 56.9 Å². The lowest BCUT2D eigenvalue weighted by Gasteiger charge is -2.39. The number of carbonyl (C=O) groups is 1. The number of piperidine rings is 2. The number of ether oxygens (including phenoxy) is 1. The van der Waals surface area contributed by atoms with Crippen LogP contribution in [0.1, 0.15) is 65.6 Å². The molecule has 3 fully saturated rings. The molecule has 3 aliphatic rings. The summed E-state index contributed by atoms with van der Waals surface area (Å²) in [7, 11) is 0. The zero-order chi connectivity index (χ0) is 28.4. The van der Waals surface area contributed by atoms with Crippen LogP contribution >= 0.6 is 0 Å². The lowest BCUT2D eigenvalue weighted by atomic mass is 9.90. The number of hydrogen-bond donors (Lipinski definition) is 0. The van der Waals surface area contributed by atoms with E-state index in [1.54, 1.807) is 6.07 Å². The molecule has 3 aromatic carbocycles. The molecule has 4 nitrogen and oxygen atoms in total. The molecule has 1 amide bonds. The minimum atomic E-state index is -4.40. The van der Waals surface area contributed by atoms with E-state index in [-0.39, 0.29) is 29.8 Å². The Labute approximate surface area is 240 Å². The van der Waals surface area contributed by atoms with Crippen molar-refractivity contribution in [2.45, 2.75) is 75.9 Å². The van der Waals surface area contributed by atoms with Gasteiger partial charge in [-0.3, -0.25) is 9.69 Å². The number of amides is 1. The Balaban J connectivity index is 1.01. The molecule has 3 aromatic rings. The summed E-state index contributed by atoms with van der Waals surface area (Å²) in [6.07, 6.45) is 2.05. The van der Waals surface area contributed by atoms with E-state index in [0.29, 0.717) is 18.4 Å². The van der Waals surface area contributed by atoms with Gasteiger partial charge in [0.15, 0.2) is 0 Å². The molecule has 216 valence electrons. The summed E-state index contributed by atoms with van der Waals surface area (Å²) < 4.78 is 45.3. The van der Waals surface area contributed by atoms with E-state index in [1.807, 2.05) is 17.0 Å². The highest BCUT2D eigenvalue weighted by Crippen LogP contribution is 2.39. The van der Waals surface area contributed by atoms with Crippen LogP contribution in [0.15, 0.2) is 78.9 Å². The van der Waals surface area contributed by atoms with Crippen molar-refractivity contribution < 1.29 is 22.7 Å². The Morgan fingerprint density at radius 2 is 1.49 bits per heavy atom. The van der Waals surface area contributed by atoms with Crippen LogP contribution in [0.5, 0.6) is 5.75 Å². The maximum absolute atomic E-state index is 13.5. The van der Waals surface area contributed by atoms with Crippen molar-refractivity contribution in [3.63, 3.8) is 0 Å². The van der Waals surface area contributed by atoms with Gasteiger partial charge in [0.1, 0.15) is 11.9 Å². The van der Waals surface area contributed by atoms with Gasteiger partial charge in [0, 0.05) is 37.0 Å². The molecule has 7 heteroatoms. The average Bonchev–Trinajstić information content (AvgIpc) is 3.24. The molecule has 2 atom stereocenters. The van der Waals surface area contributed by atoms with Crippen LogP contribution in [-0.4, -0.2) is 47.0 Å². The first kappa shape index (κ1) is 27.8. The van der Waals surface area contributed by atoms with E-state index < -0.39 is 11.7 Å². The first-order valence-corrected chi connectivity index (χ1v) is 14.8. The monoisotopic (exact) mass is 562 g/mol. The zero-order valence-electron chi connectivity index (χ0n) is 23.2. The van der Waals surface area contributed by atoms with Crippen LogP contribution in [0.25, 0.3) is 0 Å². The third-order valence-corrected chi connectivity index (χ3v) is 9.07. The Hall–Kier alpha value is -3.32. The standard InChI is InChI=1S/C34H37F3N2O2/c35-34(36,37)28-7-4-8-31(20-28)41-32-21-29-13-14-30(22-32)39(29)33(40)27-11-9-26(10-12-27)23-38-17-15-25(16-18-38)19-24-5-2-1-3-6-24/h1-12,20,25,29-30,32H,13-19,21-23H2. The van der Waals surface area contributed by atoms with Crippen molar-refractivity contribution in [2.24, 2.45) is 5.92 Å². The van der Waals surface area contributed by atoms with Crippen LogP contribution < -0.4 is 4.74 Å². The van der Waals surface area contributed by atoms with Crippen molar-refractivity contribution in [3.8, 4) is 5.75 Å². The van der Waals surface area contributed by atoms with Gasteiger partial charge in [-0.2, -0.15) is 13.2 Å². The predicted octanol–water partition coefficient (Wildman–Crippen LogP) is 7.37. The van der Waals surface area contributed by atoms with Gasteiger partial charge in [0.2, 0.25) is 0 Å². The van der Waals surface area contributed by atoms with E-state index in [1.165, 1.54) is 30.0 Å². The Bertz CT molecular complexity index is 1310. The molecule has 0 N–H and O–H groups in total. The van der Waals surface area contributed by atoms with Crippen molar-refractivity contribution >= 4 is 5.91 Å². The molecular weight excluding hydrogens is 525 g/mol. The molecule has 0 spiro atoms. The normalized spacial score (nSPS) is 23.5. The van der Waals surface area contributed by atoms with Gasteiger partial charge in [0.05, 0.1) is 5.56 Å². The van der Waals surface area contributed by atoms with E-state index in [9.17, 15) is 18.0 Å². The number of carbonyl (C=O) groups excluding carboxylic acids is 1. The summed E-state index contributed by atoms with van der Waals surface area (Å²) in [6, 6.07) is 24.0. The molecule has 0 radical (unpaired) electrons. The van der Waals surface area contributed by atoms with Gasteiger partial charge in [-0.25, -0.2) is 0 Å². The predicted molar refractivity (Wildman–Crippen MR) is 153 cm³/mol. The lowest BCUT2D eigenvalue weighted by Crippen LogP contribution is -2.49. The maximum atomic E-state index is 13.5. The summed E-state index contributed by atoms with van der Waals surface area (Å²) in [4.78, 5) is 18.0. The molecule has 2 bridgehead atoms. The highest BCUT2D eigenvalue weighted by Gasteiger charge is 2.44. The first-order chi connectivity index (χ1) is 19.8. The summed E-state index contributed by atoms with van der Waals surface area (Å²) in [5.74, 6) is 1.02. The molecule has 3 aliphatic heterocycles.